The number of carbonyl (C=O) groups is 4. The molecule has 4 fully saturated rings. The van der Waals surface area contributed by atoms with Crippen molar-refractivity contribution >= 4 is 51.3 Å². The van der Waals surface area contributed by atoms with Crippen molar-refractivity contribution in [2.75, 3.05) is 0 Å². The molecule has 9 rings (SSSR count). The molecule has 0 spiro atoms. The molecular weight excluding hydrogens is 506 g/mol. The highest BCUT2D eigenvalue weighted by Gasteiger charge is 2.59. The van der Waals surface area contributed by atoms with Gasteiger partial charge in [0.1, 0.15) is 28.3 Å². The lowest BCUT2D eigenvalue weighted by atomic mass is 9.49. The smallest absolute Gasteiger partial charge is 0.348 e. The van der Waals surface area contributed by atoms with Crippen molar-refractivity contribution in [2.45, 2.75) is 32.1 Å². The number of hydrogen-bond acceptors (Lipinski definition) is 10. The summed E-state index contributed by atoms with van der Waals surface area (Å²) in [5.74, 6) is -1.74. The van der Waals surface area contributed by atoms with Gasteiger partial charge in [-0.25, -0.2) is 9.59 Å². The second-order valence-corrected chi connectivity index (χ2v) is 11.1. The van der Waals surface area contributed by atoms with E-state index in [1.807, 2.05) is 0 Å². The van der Waals surface area contributed by atoms with Crippen molar-refractivity contribution in [1.82, 2.24) is 0 Å². The van der Waals surface area contributed by atoms with E-state index in [1.165, 1.54) is 0 Å². The van der Waals surface area contributed by atoms with Gasteiger partial charge in [0.15, 0.2) is 11.2 Å². The third-order valence-corrected chi connectivity index (χ3v) is 8.86. The van der Waals surface area contributed by atoms with Crippen LogP contribution in [-0.4, -0.2) is 23.7 Å². The van der Waals surface area contributed by atoms with E-state index in [2.05, 4.69) is 5.18 Å². The Morgan fingerprint density at radius 2 is 1.67 bits per heavy atom. The first-order chi connectivity index (χ1) is 18.8. The summed E-state index contributed by atoms with van der Waals surface area (Å²) < 4.78 is 22.5. The van der Waals surface area contributed by atoms with Crippen LogP contribution in [0.15, 0.2) is 46.0 Å². The van der Waals surface area contributed by atoms with Crippen LogP contribution < -0.4 is 14.2 Å². The van der Waals surface area contributed by atoms with Crippen LogP contribution in [0.3, 0.4) is 0 Å². The highest BCUT2D eigenvalue weighted by molar-refractivity contribution is 6.21. The van der Waals surface area contributed by atoms with Gasteiger partial charge in [0.25, 0.3) is 0 Å². The molecule has 4 saturated carbocycles. The fraction of sp³-hybridized carbons (Fsp3) is 0.310. The highest BCUT2D eigenvalue weighted by Crippen LogP contribution is 2.60. The summed E-state index contributed by atoms with van der Waals surface area (Å²) in [5.41, 5.74) is -0.768. The summed E-state index contributed by atoms with van der Waals surface area (Å²) in [6.07, 6.45) is 3.20. The van der Waals surface area contributed by atoms with Crippen LogP contribution in [0, 0.1) is 28.1 Å². The minimum Gasteiger partial charge on any atom is -0.447 e. The Kier molecular flexibility index (Phi) is 4.30. The molecule has 10 nitrogen and oxygen atoms in total. The molecule has 0 N–H and O–H groups in total. The first kappa shape index (κ1) is 22.4. The Balaban J connectivity index is 1.11. The summed E-state index contributed by atoms with van der Waals surface area (Å²) in [4.78, 5) is 62.9. The topological polar surface area (TPSA) is 139 Å². The Morgan fingerprint density at radius 1 is 0.923 bits per heavy atom. The van der Waals surface area contributed by atoms with Gasteiger partial charge < -0.3 is 18.6 Å². The molecule has 10 heteroatoms. The summed E-state index contributed by atoms with van der Waals surface area (Å²) in [5, 5.41) is 4.36. The van der Waals surface area contributed by atoms with Crippen LogP contribution in [0.4, 0.5) is 5.69 Å². The minimum absolute atomic E-state index is 0.0130. The van der Waals surface area contributed by atoms with E-state index in [-0.39, 0.29) is 62.8 Å². The molecule has 39 heavy (non-hydrogen) atoms. The largest absolute Gasteiger partial charge is 0.447 e. The Labute approximate surface area is 219 Å². The normalized spacial score (nSPS) is 26.4. The molecule has 1 aliphatic heterocycles. The van der Waals surface area contributed by atoms with E-state index in [0.29, 0.717) is 30.6 Å². The molecule has 4 aliphatic carbocycles. The lowest BCUT2D eigenvalue weighted by molar-refractivity contribution is -0.167. The number of nitrogens with zero attached hydrogens (tertiary/aromatic N) is 1. The van der Waals surface area contributed by atoms with Crippen molar-refractivity contribution in [1.29, 1.82) is 0 Å². The maximum atomic E-state index is 13.6. The molecule has 2 aromatic carbocycles. The molecule has 4 aromatic rings. The van der Waals surface area contributed by atoms with Gasteiger partial charge in [0.2, 0.25) is 11.5 Å². The molecule has 194 valence electrons. The Hall–Kier alpha value is -4.60. The van der Waals surface area contributed by atoms with Crippen LogP contribution in [-0.2, 0) is 9.59 Å². The van der Waals surface area contributed by atoms with Crippen molar-refractivity contribution in [3.63, 3.8) is 0 Å². The maximum absolute atomic E-state index is 13.6. The van der Waals surface area contributed by atoms with Gasteiger partial charge in [-0.05, 0) is 78.2 Å². The lowest BCUT2D eigenvalue weighted by Gasteiger charge is -2.53. The standard InChI is InChI=1S/C29H19NO9/c31-21-15-5-12-6-16(21)11-29(9-12,10-15)28(34)39-25-23-19(20-22(37-23)24(25)38-27(20)33)26(32)36-18-4-2-13-7-17(30-35)3-1-14(13)8-18/h1-4,7-8,12,15-16H,5-6,9-11H2. The van der Waals surface area contributed by atoms with Gasteiger partial charge >= 0.3 is 17.9 Å². The predicted octanol–water partition coefficient (Wildman–Crippen LogP) is 5.47. The average molecular weight is 525 g/mol. The number of ether oxygens (including phenoxy) is 3. The Morgan fingerprint density at radius 3 is 2.44 bits per heavy atom. The molecule has 0 amide bonds. The van der Waals surface area contributed by atoms with Gasteiger partial charge in [0, 0.05) is 11.8 Å². The first-order valence-corrected chi connectivity index (χ1v) is 12.8. The van der Waals surface area contributed by atoms with Crippen molar-refractivity contribution < 1.29 is 37.8 Å². The SMILES string of the molecule is O=Nc1ccc2cc(OC(=O)c3c4c5oc3c(OC(=O)C36CC7CC(C3)C(=O)C(C7)C6)c5OC4=O)ccc2c1. The van der Waals surface area contributed by atoms with Crippen molar-refractivity contribution in [3.05, 3.63) is 52.4 Å². The summed E-state index contributed by atoms with van der Waals surface area (Å²) in [6.45, 7) is 0. The number of esters is 3. The fourth-order valence-electron chi connectivity index (χ4n) is 7.36. The zero-order valence-electron chi connectivity index (χ0n) is 20.4. The van der Waals surface area contributed by atoms with Crippen LogP contribution in [0.1, 0.15) is 52.8 Å². The molecule has 5 aliphatic rings. The van der Waals surface area contributed by atoms with E-state index in [9.17, 15) is 24.1 Å². The van der Waals surface area contributed by atoms with Gasteiger partial charge in [-0.1, -0.05) is 12.1 Å². The molecule has 0 saturated heterocycles. The number of hydrogen-bond donors (Lipinski definition) is 0. The number of ketones is 1. The van der Waals surface area contributed by atoms with Crippen LogP contribution in [0.5, 0.6) is 17.2 Å². The number of Topliss-reactive ketones (excluding diaryl/α,β-unsaturated/α-hetero) is 1. The lowest BCUT2D eigenvalue weighted by Crippen LogP contribution is -2.55. The monoisotopic (exact) mass is 525 g/mol. The number of nitroso groups, excluding NO2 is 1. The molecule has 0 radical (unpaired) electrons. The second-order valence-electron chi connectivity index (χ2n) is 11.1. The van der Waals surface area contributed by atoms with E-state index in [0.717, 1.165) is 18.2 Å². The van der Waals surface area contributed by atoms with Crippen LogP contribution in [0.25, 0.3) is 21.9 Å². The fourth-order valence-corrected chi connectivity index (χ4v) is 7.36. The first-order valence-electron chi connectivity index (χ1n) is 12.8. The molecule has 2 unspecified atom stereocenters. The number of rotatable bonds is 5. The van der Waals surface area contributed by atoms with Crippen LogP contribution in [0.2, 0.25) is 0 Å². The zero-order valence-corrected chi connectivity index (χ0v) is 20.4. The number of furan rings is 2. The molecule has 2 aromatic heterocycles. The van der Waals surface area contributed by atoms with E-state index in [1.54, 1.807) is 36.4 Å². The van der Waals surface area contributed by atoms with Crippen molar-refractivity contribution in [3.8, 4) is 17.2 Å². The number of fused-ring (bicyclic) bond motifs is 2. The van der Waals surface area contributed by atoms with E-state index < -0.39 is 23.3 Å². The van der Waals surface area contributed by atoms with E-state index in [4.69, 9.17) is 18.6 Å². The van der Waals surface area contributed by atoms with Gasteiger partial charge in [-0.15, -0.1) is 4.91 Å². The van der Waals surface area contributed by atoms with Crippen molar-refractivity contribution in [2.24, 2.45) is 28.3 Å². The minimum atomic E-state index is -0.868. The zero-order chi connectivity index (χ0) is 26.6. The van der Waals surface area contributed by atoms with Crippen LogP contribution >= 0.6 is 0 Å². The molecule has 6 bridgehead atoms. The summed E-state index contributed by atoms with van der Waals surface area (Å²) >= 11 is 0. The Bertz CT molecular complexity index is 1780. The third kappa shape index (κ3) is 3.02. The predicted molar refractivity (Wildman–Crippen MR) is 133 cm³/mol. The number of benzene rings is 3. The average Bonchev–Trinajstić information content (AvgIpc) is 3.55. The van der Waals surface area contributed by atoms with Gasteiger partial charge in [-0.3, -0.25) is 9.59 Å². The molecular formula is C29H19NO9. The quantitative estimate of drug-likeness (QED) is 0.188. The summed E-state index contributed by atoms with van der Waals surface area (Å²) in [7, 11) is 0. The molecule has 3 heterocycles. The summed E-state index contributed by atoms with van der Waals surface area (Å²) in [6, 6.07) is 9.67. The maximum Gasteiger partial charge on any atom is 0.348 e. The van der Waals surface area contributed by atoms with Gasteiger partial charge in [0.05, 0.1) is 5.41 Å². The number of carbonyl (C=O) groups excluding carboxylic acids is 4. The van der Waals surface area contributed by atoms with E-state index >= 15 is 0 Å². The molecule has 2 atom stereocenters. The second kappa shape index (κ2) is 7.49. The highest BCUT2D eigenvalue weighted by atomic mass is 16.6. The third-order valence-electron chi connectivity index (χ3n) is 8.86. The van der Waals surface area contributed by atoms with Gasteiger partial charge in [-0.2, -0.15) is 0 Å².